The van der Waals surface area contributed by atoms with E-state index in [4.69, 9.17) is 17.3 Å². The van der Waals surface area contributed by atoms with Gasteiger partial charge >= 0.3 is 0 Å². The third-order valence-corrected chi connectivity index (χ3v) is 2.59. The molecule has 2 rings (SSSR count). The van der Waals surface area contributed by atoms with Crippen molar-refractivity contribution < 1.29 is 9.18 Å². The van der Waals surface area contributed by atoms with Gasteiger partial charge < -0.3 is 11.1 Å². The molecule has 0 spiro atoms. The second-order valence-corrected chi connectivity index (χ2v) is 4.13. The molecule has 2 aromatic carbocycles. The van der Waals surface area contributed by atoms with Crippen molar-refractivity contribution >= 4 is 28.9 Å². The predicted octanol–water partition coefficient (Wildman–Crippen LogP) is 3.31. The molecule has 0 bridgehead atoms. The summed E-state index contributed by atoms with van der Waals surface area (Å²) < 4.78 is 13.0. The van der Waals surface area contributed by atoms with Crippen LogP contribution in [0.5, 0.6) is 0 Å². The zero-order valence-electron chi connectivity index (χ0n) is 9.28. The molecule has 2 aromatic rings. The Morgan fingerprint density at radius 1 is 1.22 bits per heavy atom. The van der Waals surface area contributed by atoms with E-state index in [9.17, 15) is 9.18 Å². The summed E-state index contributed by atoms with van der Waals surface area (Å²) >= 11 is 5.80. The molecule has 92 valence electrons. The van der Waals surface area contributed by atoms with E-state index in [0.717, 1.165) is 6.07 Å². The first kappa shape index (κ1) is 12.4. The predicted molar refractivity (Wildman–Crippen MR) is 70.2 cm³/mol. The van der Waals surface area contributed by atoms with Gasteiger partial charge in [-0.2, -0.15) is 0 Å². The van der Waals surface area contributed by atoms with E-state index in [0.29, 0.717) is 16.4 Å². The Balaban J connectivity index is 2.24. The Hall–Kier alpha value is -2.07. The van der Waals surface area contributed by atoms with E-state index < -0.39 is 11.7 Å². The highest BCUT2D eigenvalue weighted by Gasteiger charge is 2.09. The van der Waals surface area contributed by atoms with Crippen LogP contribution in [0.25, 0.3) is 0 Å². The van der Waals surface area contributed by atoms with Crippen molar-refractivity contribution in [2.75, 3.05) is 11.1 Å². The molecule has 0 unspecified atom stereocenters. The molecule has 3 nitrogen and oxygen atoms in total. The first-order valence-electron chi connectivity index (χ1n) is 5.18. The fraction of sp³-hybridized carbons (Fsp3) is 0. The number of nitrogen functional groups attached to an aromatic ring is 1. The quantitative estimate of drug-likeness (QED) is 0.818. The largest absolute Gasteiger partial charge is 0.397 e. The zero-order valence-corrected chi connectivity index (χ0v) is 10.0. The number of nitrogens with one attached hydrogen (secondary N) is 1. The van der Waals surface area contributed by atoms with E-state index in [1.165, 1.54) is 24.3 Å². The van der Waals surface area contributed by atoms with Gasteiger partial charge in [-0.25, -0.2) is 4.39 Å². The number of hydrogen-bond donors (Lipinski definition) is 2. The molecule has 0 aliphatic heterocycles. The van der Waals surface area contributed by atoms with Gasteiger partial charge in [-0.05, 0) is 36.4 Å². The van der Waals surface area contributed by atoms with Crippen molar-refractivity contribution in [3.05, 3.63) is 58.9 Å². The zero-order chi connectivity index (χ0) is 13.1. The minimum absolute atomic E-state index is 0.217. The highest BCUT2D eigenvalue weighted by molar-refractivity contribution is 6.31. The minimum Gasteiger partial charge on any atom is -0.397 e. The molecule has 3 N–H and O–H groups in total. The molecule has 0 fully saturated rings. The van der Waals surface area contributed by atoms with Crippen LogP contribution in [0.3, 0.4) is 0 Å². The standard InChI is InChI=1S/C13H10ClFN2O/c14-9-4-5-11(16)12(7-9)17-13(18)8-2-1-3-10(15)6-8/h1-7H,16H2,(H,17,18). The second kappa shape index (κ2) is 5.06. The van der Waals surface area contributed by atoms with Crippen LogP contribution < -0.4 is 11.1 Å². The first-order valence-corrected chi connectivity index (χ1v) is 5.56. The number of amides is 1. The SMILES string of the molecule is Nc1ccc(Cl)cc1NC(=O)c1cccc(F)c1. The maximum Gasteiger partial charge on any atom is 0.255 e. The number of carbonyl (C=O) groups is 1. The molecule has 0 saturated carbocycles. The number of anilines is 2. The van der Waals surface area contributed by atoms with Crippen molar-refractivity contribution in [3.63, 3.8) is 0 Å². The molecule has 5 heteroatoms. The fourth-order valence-electron chi connectivity index (χ4n) is 1.46. The lowest BCUT2D eigenvalue weighted by atomic mass is 10.2. The van der Waals surface area contributed by atoms with Crippen LogP contribution in [0.2, 0.25) is 5.02 Å². The summed E-state index contributed by atoms with van der Waals surface area (Å²) in [5.41, 5.74) is 6.71. The summed E-state index contributed by atoms with van der Waals surface area (Å²) in [4.78, 5) is 11.9. The van der Waals surface area contributed by atoms with Crippen LogP contribution in [0.1, 0.15) is 10.4 Å². The molecule has 0 heterocycles. The van der Waals surface area contributed by atoms with Gasteiger partial charge in [0.2, 0.25) is 0 Å². The summed E-state index contributed by atoms with van der Waals surface area (Å²) in [6.07, 6.45) is 0. The van der Waals surface area contributed by atoms with Gasteiger partial charge in [-0.1, -0.05) is 17.7 Å². The molecule has 0 aliphatic rings. The van der Waals surface area contributed by atoms with Gasteiger partial charge in [0.25, 0.3) is 5.91 Å². The first-order chi connectivity index (χ1) is 8.56. The van der Waals surface area contributed by atoms with Crippen LogP contribution in [-0.2, 0) is 0 Å². The number of nitrogens with two attached hydrogens (primary N) is 1. The number of hydrogen-bond acceptors (Lipinski definition) is 2. The normalized spacial score (nSPS) is 10.1. The number of benzene rings is 2. The Bertz CT molecular complexity index is 601. The van der Waals surface area contributed by atoms with Gasteiger partial charge in [-0.15, -0.1) is 0 Å². The van der Waals surface area contributed by atoms with E-state index in [-0.39, 0.29) is 5.56 Å². The average molecular weight is 265 g/mol. The van der Waals surface area contributed by atoms with Crippen molar-refractivity contribution in [1.82, 2.24) is 0 Å². The van der Waals surface area contributed by atoms with Crippen LogP contribution in [0.4, 0.5) is 15.8 Å². The third kappa shape index (κ3) is 2.78. The molecule has 0 radical (unpaired) electrons. The minimum atomic E-state index is -0.471. The van der Waals surface area contributed by atoms with Crippen molar-refractivity contribution in [2.24, 2.45) is 0 Å². The van der Waals surface area contributed by atoms with Crippen LogP contribution in [0, 0.1) is 5.82 Å². The topological polar surface area (TPSA) is 55.1 Å². The maximum absolute atomic E-state index is 13.0. The van der Waals surface area contributed by atoms with Crippen LogP contribution >= 0.6 is 11.6 Å². The smallest absolute Gasteiger partial charge is 0.255 e. The molecule has 1 amide bonds. The van der Waals surface area contributed by atoms with Gasteiger partial charge in [-0.3, -0.25) is 4.79 Å². The Labute approximate surface area is 108 Å². The summed E-state index contributed by atoms with van der Waals surface area (Å²) in [5, 5.41) is 3.04. The van der Waals surface area contributed by atoms with E-state index in [1.54, 1.807) is 12.1 Å². The lowest BCUT2D eigenvalue weighted by Gasteiger charge is -2.08. The summed E-state index contributed by atoms with van der Waals surface area (Å²) in [6, 6.07) is 10.1. The second-order valence-electron chi connectivity index (χ2n) is 3.70. The molecule has 18 heavy (non-hydrogen) atoms. The summed E-state index contributed by atoms with van der Waals surface area (Å²) in [7, 11) is 0. The van der Waals surface area contributed by atoms with Gasteiger partial charge in [0.15, 0.2) is 0 Å². The Morgan fingerprint density at radius 3 is 2.72 bits per heavy atom. The number of rotatable bonds is 2. The van der Waals surface area contributed by atoms with Crippen molar-refractivity contribution in [1.29, 1.82) is 0 Å². The fourth-order valence-corrected chi connectivity index (χ4v) is 1.63. The van der Waals surface area contributed by atoms with Gasteiger partial charge in [0.05, 0.1) is 11.4 Å². The summed E-state index contributed by atoms with van der Waals surface area (Å²) in [5.74, 6) is -0.912. The van der Waals surface area contributed by atoms with Crippen molar-refractivity contribution in [2.45, 2.75) is 0 Å². The lowest BCUT2D eigenvalue weighted by Crippen LogP contribution is -2.13. The average Bonchev–Trinajstić information content (AvgIpc) is 2.34. The number of halogens is 2. The van der Waals surface area contributed by atoms with E-state index in [1.807, 2.05) is 0 Å². The molecule has 0 saturated heterocycles. The Morgan fingerprint density at radius 2 is 2.00 bits per heavy atom. The lowest BCUT2D eigenvalue weighted by molar-refractivity contribution is 0.102. The Kier molecular flexibility index (Phi) is 3.48. The monoisotopic (exact) mass is 264 g/mol. The highest BCUT2D eigenvalue weighted by Crippen LogP contribution is 2.23. The van der Waals surface area contributed by atoms with Crippen LogP contribution in [0.15, 0.2) is 42.5 Å². The van der Waals surface area contributed by atoms with Crippen LogP contribution in [-0.4, -0.2) is 5.91 Å². The molecular weight excluding hydrogens is 255 g/mol. The summed E-state index contributed by atoms with van der Waals surface area (Å²) in [6.45, 7) is 0. The molecule has 0 aliphatic carbocycles. The van der Waals surface area contributed by atoms with Gasteiger partial charge in [0.1, 0.15) is 5.82 Å². The van der Waals surface area contributed by atoms with E-state index in [2.05, 4.69) is 5.32 Å². The molecular formula is C13H10ClFN2O. The van der Waals surface area contributed by atoms with Gasteiger partial charge in [0, 0.05) is 10.6 Å². The maximum atomic E-state index is 13.0. The molecule has 0 aromatic heterocycles. The highest BCUT2D eigenvalue weighted by atomic mass is 35.5. The van der Waals surface area contributed by atoms with Crippen molar-refractivity contribution in [3.8, 4) is 0 Å². The van der Waals surface area contributed by atoms with E-state index >= 15 is 0 Å². The number of carbonyl (C=O) groups excluding carboxylic acids is 1. The molecule has 0 atom stereocenters. The third-order valence-electron chi connectivity index (χ3n) is 2.35.